The average Bonchev–Trinajstić information content (AvgIpc) is 3.34. The lowest BCUT2D eigenvalue weighted by atomic mass is 10.0. The van der Waals surface area contributed by atoms with E-state index in [9.17, 15) is 18.0 Å². The van der Waals surface area contributed by atoms with Crippen LogP contribution in [0.5, 0.6) is 11.5 Å². The van der Waals surface area contributed by atoms with Crippen LogP contribution in [0.3, 0.4) is 0 Å². The van der Waals surface area contributed by atoms with Gasteiger partial charge in [-0.2, -0.15) is 13.2 Å². The Balaban J connectivity index is 1.47. The Morgan fingerprint density at radius 2 is 1.82 bits per heavy atom. The number of carbonyl (C=O) groups excluding carboxylic acids is 1. The molecule has 0 bridgehead atoms. The Hall–Kier alpha value is -2.96. The van der Waals surface area contributed by atoms with Crippen molar-refractivity contribution in [2.24, 2.45) is 0 Å². The highest BCUT2D eigenvalue weighted by Crippen LogP contribution is 2.39. The minimum absolute atomic E-state index is 0.0562. The van der Waals surface area contributed by atoms with E-state index in [4.69, 9.17) is 9.47 Å². The molecule has 7 heteroatoms. The van der Waals surface area contributed by atoms with Crippen molar-refractivity contribution in [2.45, 2.75) is 25.1 Å². The minimum Gasteiger partial charge on any atom is -0.454 e. The fourth-order valence-electron chi connectivity index (χ4n) is 3.54. The lowest BCUT2D eigenvalue weighted by molar-refractivity contribution is -0.137. The second-order valence-electron chi connectivity index (χ2n) is 6.76. The molecule has 0 spiro atoms. The lowest BCUT2D eigenvalue weighted by Crippen LogP contribution is -2.28. The summed E-state index contributed by atoms with van der Waals surface area (Å²) < 4.78 is 48.6. The van der Waals surface area contributed by atoms with E-state index in [0.717, 1.165) is 30.5 Å². The number of amides is 1. The number of likely N-dealkylation sites (tertiary alicyclic amines) is 1. The fraction of sp³-hybridized carbons (Fsp3) is 0.286. The van der Waals surface area contributed by atoms with Crippen molar-refractivity contribution in [1.29, 1.82) is 0 Å². The van der Waals surface area contributed by atoms with Gasteiger partial charge in [-0.05, 0) is 54.3 Å². The van der Waals surface area contributed by atoms with Gasteiger partial charge in [0.2, 0.25) is 12.7 Å². The first-order valence-electron chi connectivity index (χ1n) is 8.97. The van der Waals surface area contributed by atoms with Crippen LogP contribution in [0, 0.1) is 0 Å². The fourth-order valence-corrected chi connectivity index (χ4v) is 3.54. The normalized spacial score (nSPS) is 18.8. The van der Waals surface area contributed by atoms with Gasteiger partial charge in [0.15, 0.2) is 11.5 Å². The van der Waals surface area contributed by atoms with Gasteiger partial charge in [-0.25, -0.2) is 0 Å². The highest BCUT2D eigenvalue weighted by atomic mass is 19.4. The maximum Gasteiger partial charge on any atom is 0.416 e. The van der Waals surface area contributed by atoms with Crippen molar-refractivity contribution in [1.82, 2.24) is 4.90 Å². The summed E-state index contributed by atoms with van der Waals surface area (Å²) in [5, 5.41) is 0. The molecule has 1 atom stereocenters. The Morgan fingerprint density at radius 1 is 1.07 bits per heavy atom. The van der Waals surface area contributed by atoms with E-state index in [1.165, 1.54) is 24.3 Å². The summed E-state index contributed by atoms with van der Waals surface area (Å²) >= 11 is 0. The van der Waals surface area contributed by atoms with Gasteiger partial charge in [-0.3, -0.25) is 4.79 Å². The zero-order valence-corrected chi connectivity index (χ0v) is 14.9. The summed E-state index contributed by atoms with van der Waals surface area (Å²) in [5.41, 5.74) is 0.816. The zero-order valence-electron chi connectivity index (χ0n) is 14.9. The molecule has 2 aliphatic rings. The largest absolute Gasteiger partial charge is 0.454 e. The number of halogens is 3. The SMILES string of the molecule is O=C(C=Cc1ccc(C(F)(F)F)cc1)N1CCCC1c1ccc2c(c1)OCO2. The first-order chi connectivity index (χ1) is 13.4. The monoisotopic (exact) mass is 389 g/mol. The van der Waals surface area contributed by atoms with Crippen LogP contribution in [0.1, 0.15) is 35.6 Å². The van der Waals surface area contributed by atoms with Gasteiger partial charge in [-0.1, -0.05) is 18.2 Å². The molecule has 4 rings (SSSR count). The van der Waals surface area contributed by atoms with Gasteiger partial charge in [0.25, 0.3) is 0 Å². The molecule has 0 aromatic heterocycles. The summed E-state index contributed by atoms with van der Waals surface area (Å²) in [5.74, 6) is 1.21. The predicted octanol–water partition coefficient (Wildman–Crippen LogP) is 4.81. The van der Waals surface area contributed by atoms with E-state index in [2.05, 4.69) is 0 Å². The van der Waals surface area contributed by atoms with Crippen LogP contribution in [0.15, 0.2) is 48.5 Å². The summed E-state index contributed by atoms with van der Waals surface area (Å²) in [7, 11) is 0. The maximum atomic E-state index is 12.7. The topological polar surface area (TPSA) is 38.8 Å². The quantitative estimate of drug-likeness (QED) is 0.707. The van der Waals surface area contributed by atoms with Crippen molar-refractivity contribution in [3.63, 3.8) is 0 Å². The maximum absolute atomic E-state index is 12.7. The Kier molecular flexibility index (Phi) is 4.75. The van der Waals surface area contributed by atoms with Crippen molar-refractivity contribution >= 4 is 12.0 Å². The second kappa shape index (κ2) is 7.22. The summed E-state index contributed by atoms with van der Waals surface area (Å²) in [6, 6.07) is 10.3. The van der Waals surface area contributed by atoms with E-state index in [-0.39, 0.29) is 18.7 Å². The molecule has 4 nitrogen and oxygen atoms in total. The Morgan fingerprint density at radius 3 is 2.57 bits per heavy atom. The third kappa shape index (κ3) is 3.69. The van der Waals surface area contributed by atoms with Crippen LogP contribution in [0.4, 0.5) is 13.2 Å². The molecular formula is C21H18F3NO3. The number of nitrogens with zero attached hydrogens (tertiary/aromatic N) is 1. The zero-order chi connectivity index (χ0) is 19.7. The van der Waals surface area contributed by atoms with Crippen LogP contribution in [-0.4, -0.2) is 24.1 Å². The van der Waals surface area contributed by atoms with Crippen molar-refractivity contribution in [3.8, 4) is 11.5 Å². The average molecular weight is 389 g/mol. The van der Waals surface area contributed by atoms with Crippen molar-refractivity contribution in [3.05, 3.63) is 65.2 Å². The van der Waals surface area contributed by atoms with Gasteiger partial charge in [0, 0.05) is 12.6 Å². The first-order valence-corrected chi connectivity index (χ1v) is 8.97. The molecule has 1 fully saturated rings. The molecule has 0 aliphatic carbocycles. The Bertz CT molecular complexity index is 906. The van der Waals surface area contributed by atoms with Crippen LogP contribution >= 0.6 is 0 Å². The summed E-state index contributed by atoms with van der Waals surface area (Å²) in [6.07, 6.45) is 0.315. The van der Waals surface area contributed by atoms with Crippen molar-refractivity contribution < 1.29 is 27.4 Å². The highest BCUT2D eigenvalue weighted by Gasteiger charge is 2.31. The van der Waals surface area contributed by atoms with E-state index >= 15 is 0 Å². The molecule has 2 aliphatic heterocycles. The predicted molar refractivity (Wildman–Crippen MR) is 96.7 cm³/mol. The molecular weight excluding hydrogens is 371 g/mol. The summed E-state index contributed by atoms with van der Waals surface area (Å²) in [6.45, 7) is 0.831. The molecule has 146 valence electrons. The van der Waals surface area contributed by atoms with Gasteiger partial charge < -0.3 is 14.4 Å². The van der Waals surface area contributed by atoms with E-state index < -0.39 is 11.7 Å². The molecule has 0 N–H and O–H groups in total. The number of hydrogen-bond acceptors (Lipinski definition) is 3. The molecule has 1 unspecified atom stereocenters. The number of carbonyl (C=O) groups is 1. The number of benzene rings is 2. The number of ether oxygens (including phenoxy) is 2. The van der Waals surface area contributed by atoms with E-state index in [1.54, 1.807) is 4.90 Å². The third-order valence-electron chi connectivity index (χ3n) is 4.97. The Labute approximate surface area is 160 Å². The van der Waals surface area contributed by atoms with Gasteiger partial charge >= 0.3 is 6.18 Å². The van der Waals surface area contributed by atoms with E-state index in [1.807, 2.05) is 18.2 Å². The van der Waals surface area contributed by atoms with Crippen LogP contribution in [0.25, 0.3) is 6.08 Å². The van der Waals surface area contributed by atoms with Crippen LogP contribution in [0.2, 0.25) is 0 Å². The number of hydrogen-bond donors (Lipinski definition) is 0. The molecule has 2 heterocycles. The standard InChI is InChI=1S/C21H18F3NO3/c22-21(23,24)16-7-3-14(4-8-16)5-10-20(26)25-11-1-2-17(25)15-6-9-18-19(12-15)28-13-27-18/h3-10,12,17H,1-2,11,13H2. The first kappa shape index (κ1) is 18.4. The summed E-state index contributed by atoms with van der Waals surface area (Å²) in [4.78, 5) is 14.4. The van der Waals surface area contributed by atoms with Crippen LogP contribution in [-0.2, 0) is 11.0 Å². The molecule has 0 saturated carbocycles. The number of fused-ring (bicyclic) bond motifs is 1. The highest BCUT2D eigenvalue weighted by molar-refractivity contribution is 5.92. The molecule has 1 saturated heterocycles. The van der Waals surface area contributed by atoms with E-state index in [0.29, 0.717) is 23.6 Å². The second-order valence-corrected chi connectivity index (χ2v) is 6.76. The molecule has 2 aromatic carbocycles. The molecule has 0 radical (unpaired) electrons. The minimum atomic E-state index is -4.37. The van der Waals surface area contributed by atoms with Crippen LogP contribution < -0.4 is 9.47 Å². The molecule has 28 heavy (non-hydrogen) atoms. The molecule has 2 aromatic rings. The van der Waals surface area contributed by atoms with Gasteiger partial charge in [0.05, 0.1) is 11.6 Å². The van der Waals surface area contributed by atoms with Gasteiger partial charge in [0.1, 0.15) is 0 Å². The van der Waals surface area contributed by atoms with Gasteiger partial charge in [-0.15, -0.1) is 0 Å². The third-order valence-corrected chi connectivity index (χ3v) is 4.97. The smallest absolute Gasteiger partial charge is 0.416 e. The van der Waals surface area contributed by atoms with Crippen molar-refractivity contribution in [2.75, 3.05) is 13.3 Å². The number of alkyl halides is 3. The lowest BCUT2D eigenvalue weighted by Gasteiger charge is -2.24. The molecule has 1 amide bonds. The number of rotatable bonds is 3.